The summed E-state index contributed by atoms with van der Waals surface area (Å²) in [6.45, 7) is 6.07. The van der Waals surface area contributed by atoms with Gasteiger partial charge in [0.05, 0.1) is 18.4 Å². The summed E-state index contributed by atoms with van der Waals surface area (Å²) in [6, 6.07) is 11.7. The fourth-order valence-corrected chi connectivity index (χ4v) is 1.65. The molecule has 2 rings (SSSR count). The number of nitrogens with zero attached hydrogens (tertiary/aromatic N) is 2. The van der Waals surface area contributed by atoms with Crippen LogP contribution in [0.25, 0.3) is 5.69 Å². The summed E-state index contributed by atoms with van der Waals surface area (Å²) in [4.78, 5) is 11.9. The van der Waals surface area contributed by atoms with Gasteiger partial charge in [0.1, 0.15) is 5.82 Å². The average molecular weight is 257 g/mol. The number of carbonyl (C=O) groups is 1. The summed E-state index contributed by atoms with van der Waals surface area (Å²) in [5, 5.41) is 7.42. The molecule has 1 N–H and O–H groups in total. The summed E-state index contributed by atoms with van der Waals surface area (Å²) in [5.41, 5.74) is 0.642. The lowest BCUT2D eigenvalue weighted by Crippen LogP contribution is -2.28. The number of anilines is 1. The number of rotatable bonds is 4. The van der Waals surface area contributed by atoms with Crippen molar-refractivity contribution in [3.63, 3.8) is 0 Å². The third-order valence-corrected chi connectivity index (χ3v) is 2.91. The van der Waals surface area contributed by atoms with Gasteiger partial charge in [-0.2, -0.15) is 5.10 Å². The van der Waals surface area contributed by atoms with Crippen LogP contribution in [-0.4, -0.2) is 22.1 Å². The molecule has 0 aliphatic rings. The average Bonchev–Trinajstić information content (AvgIpc) is 2.84. The molecular weight excluding hydrogens is 238 g/mol. The van der Waals surface area contributed by atoms with Crippen LogP contribution in [-0.2, 0) is 4.79 Å². The minimum absolute atomic E-state index is 0.174. The van der Waals surface area contributed by atoms with Crippen LogP contribution in [0.3, 0.4) is 0 Å². The van der Waals surface area contributed by atoms with E-state index in [-0.39, 0.29) is 11.2 Å². The normalized spacial score (nSPS) is 11.3. The second kappa shape index (κ2) is 5.26. The predicted octanol–water partition coefficient (Wildman–Crippen LogP) is 2.90. The number of hydrogen-bond donors (Lipinski definition) is 1. The lowest BCUT2D eigenvalue weighted by atomic mass is 9.91. The van der Waals surface area contributed by atoms with E-state index in [0.29, 0.717) is 6.54 Å². The van der Waals surface area contributed by atoms with Gasteiger partial charge in [0.2, 0.25) is 0 Å². The highest BCUT2D eigenvalue weighted by Crippen LogP contribution is 2.17. The van der Waals surface area contributed by atoms with E-state index < -0.39 is 0 Å². The lowest BCUT2D eigenvalue weighted by molar-refractivity contribution is -0.124. The van der Waals surface area contributed by atoms with E-state index in [1.165, 1.54) is 0 Å². The zero-order valence-electron chi connectivity index (χ0n) is 11.6. The molecule has 19 heavy (non-hydrogen) atoms. The minimum atomic E-state index is -0.329. The Morgan fingerprint density at radius 3 is 2.53 bits per heavy atom. The fraction of sp³-hybridized carbons (Fsp3) is 0.333. The highest BCUT2D eigenvalue weighted by atomic mass is 16.1. The molecule has 0 unspecified atom stereocenters. The number of para-hydroxylation sites is 1. The van der Waals surface area contributed by atoms with Crippen LogP contribution in [0, 0.1) is 5.41 Å². The van der Waals surface area contributed by atoms with E-state index in [0.717, 1.165) is 11.5 Å². The summed E-state index contributed by atoms with van der Waals surface area (Å²) < 4.78 is 1.79. The van der Waals surface area contributed by atoms with E-state index in [2.05, 4.69) is 10.4 Å². The molecule has 2 aromatic rings. The second-order valence-corrected chi connectivity index (χ2v) is 5.49. The van der Waals surface area contributed by atoms with Gasteiger partial charge in [0.15, 0.2) is 5.78 Å². The van der Waals surface area contributed by atoms with Crippen LogP contribution in [0.4, 0.5) is 5.82 Å². The van der Waals surface area contributed by atoms with Gasteiger partial charge in [-0.1, -0.05) is 39.0 Å². The number of hydrogen-bond acceptors (Lipinski definition) is 3. The van der Waals surface area contributed by atoms with Gasteiger partial charge in [-0.05, 0) is 12.1 Å². The van der Waals surface area contributed by atoms with Crippen molar-refractivity contribution in [2.24, 2.45) is 5.41 Å². The molecule has 0 radical (unpaired) electrons. The Balaban J connectivity index is 2.11. The second-order valence-electron chi connectivity index (χ2n) is 5.49. The standard InChI is InChI=1S/C15H19N3O/c1-15(2,3)13(19)11-16-14-9-10-17-18(14)12-7-5-4-6-8-12/h4-10,16H,11H2,1-3H3. The van der Waals surface area contributed by atoms with E-state index >= 15 is 0 Å². The summed E-state index contributed by atoms with van der Waals surface area (Å²) in [5.74, 6) is 0.997. The molecule has 1 heterocycles. The highest BCUT2D eigenvalue weighted by Gasteiger charge is 2.20. The first-order valence-corrected chi connectivity index (χ1v) is 6.35. The lowest BCUT2D eigenvalue weighted by Gasteiger charge is -2.17. The quantitative estimate of drug-likeness (QED) is 0.916. The maximum atomic E-state index is 11.9. The van der Waals surface area contributed by atoms with Gasteiger partial charge in [0.25, 0.3) is 0 Å². The zero-order valence-corrected chi connectivity index (χ0v) is 11.6. The molecule has 0 bridgehead atoms. The molecule has 1 aromatic carbocycles. The van der Waals surface area contributed by atoms with Gasteiger partial charge in [0, 0.05) is 11.5 Å². The number of carbonyl (C=O) groups excluding carboxylic acids is 1. The SMILES string of the molecule is CC(C)(C)C(=O)CNc1ccnn1-c1ccccc1. The number of ketones is 1. The Labute approximate surface area is 113 Å². The Morgan fingerprint density at radius 1 is 1.21 bits per heavy atom. The van der Waals surface area contributed by atoms with Crippen molar-refractivity contribution in [1.82, 2.24) is 9.78 Å². The Hall–Kier alpha value is -2.10. The largest absolute Gasteiger partial charge is 0.363 e. The summed E-state index contributed by atoms with van der Waals surface area (Å²) in [6.07, 6.45) is 1.72. The van der Waals surface area contributed by atoms with Crippen molar-refractivity contribution < 1.29 is 4.79 Å². The molecule has 0 aliphatic carbocycles. The molecule has 0 aliphatic heterocycles. The molecule has 0 atom stereocenters. The first kappa shape index (κ1) is 13.3. The number of benzene rings is 1. The van der Waals surface area contributed by atoms with Crippen LogP contribution in [0.1, 0.15) is 20.8 Å². The van der Waals surface area contributed by atoms with Crippen molar-refractivity contribution in [2.75, 3.05) is 11.9 Å². The van der Waals surface area contributed by atoms with Crippen LogP contribution in [0.15, 0.2) is 42.6 Å². The number of aromatic nitrogens is 2. The molecule has 0 saturated heterocycles. The molecule has 0 spiro atoms. The predicted molar refractivity (Wildman–Crippen MR) is 76.5 cm³/mol. The maximum Gasteiger partial charge on any atom is 0.157 e. The van der Waals surface area contributed by atoms with E-state index in [1.807, 2.05) is 57.2 Å². The first-order chi connectivity index (χ1) is 8.98. The van der Waals surface area contributed by atoms with Crippen molar-refractivity contribution in [2.45, 2.75) is 20.8 Å². The number of nitrogens with one attached hydrogen (secondary N) is 1. The smallest absolute Gasteiger partial charge is 0.157 e. The third kappa shape index (κ3) is 3.22. The topological polar surface area (TPSA) is 46.9 Å². The molecule has 0 saturated carbocycles. The minimum Gasteiger partial charge on any atom is -0.363 e. The summed E-state index contributed by atoms with van der Waals surface area (Å²) >= 11 is 0. The van der Waals surface area contributed by atoms with Gasteiger partial charge in [-0.15, -0.1) is 0 Å². The Bertz CT molecular complexity index is 552. The monoisotopic (exact) mass is 257 g/mol. The van der Waals surface area contributed by atoms with Gasteiger partial charge < -0.3 is 5.32 Å². The zero-order chi connectivity index (χ0) is 13.9. The van der Waals surface area contributed by atoms with Gasteiger partial charge >= 0.3 is 0 Å². The molecule has 0 fully saturated rings. The summed E-state index contributed by atoms with van der Waals surface area (Å²) in [7, 11) is 0. The van der Waals surface area contributed by atoms with Crippen molar-refractivity contribution >= 4 is 11.6 Å². The van der Waals surface area contributed by atoms with Crippen LogP contribution < -0.4 is 5.32 Å². The molecule has 0 amide bonds. The molecule has 4 heteroatoms. The Morgan fingerprint density at radius 2 is 1.89 bits per heavy atom. The van der Waals surface area contributed by atoms with Crippen LogP contribution in [0.2, 0.25) is 0 Å². The van der Waals surface area contributed by atoms with Gasteiger partial charge in [-0.3, -0.25) is 4.79 Å². The van der Waals surface area contributed by atoms with E-state index in [9.17, 15) is 4.79 Å². The fourth-order valence-electron chi connectivity index (χ4n) is 1.65. The van der Waals surface area contributed by atoms with Crippen molar-refractivity contribution in [3.8, 4) is 5.69 Å². The highest BCUT2D eigenvalue weighted by molar-refractivity contribution is 5.87. The first-order valence-electron chi connectivity index (χ1n) is 6.35. The molecular formula is C15H19N3O. The molecule has 4 nitrogen and oxygen atoms in total. The van der Waals surface area contributed by atoms with Gasteiger partial charge in [-0.25, -0.2) is 4.68 Å². The van der Waals surface area contributed by atoms with Crippen molar-refractivity contribution in [1.29, 1.82) is 0 Å². The number of Topliss-reactive ketones (excluding diaryl/α,β-unsaturated/α-hetero) is 1. The third-order valence-electron chi connectivity index (χ3n) is 2.91. The van der Waals surface area contributed by atoms with Crippen LogP contribution >= 0.6 is 0 Å². The van der Waals surface area contributed by atoms with E-state index in [4.69, 9.17) is 0 Å². The molecule has 1 aromatic heterocycles. The Kier molecular flexibility index (Phi) is 3.69. The van der Waals surface area contributed by atoms with Crippen LogP contribution in [0.5, 0.6) is 0 Å². The van der Waals surface area contributed by atoms with Crippen molar-refractivity contribution in [3.05, 3.63) is 42.6 Å². The van der Waals surface area contributed by atoms with E-state index in [1.54, 1.807) is 10.9 Å². The molecule has 100 valence electrons. The maximum absolute atomic E-state index is 11.9.